The van der Waals surface area contributed by atoms with Crippen LogP contribution < -0.4 is 20.7 Å². The van der Waals surface area contributed by atoms with Gasteiger partial charge in [0.05, 0.1) is 22.1 Å². The Kier molecular flexibility index (Phi) is 7.63. The average molecular weight is 783 g/mol. The fraction of sp³-hybridized carbons (Fsp3) is 0.0526. The molecule has 0 saturated carbocycles. The number of hydrogen-bond donors (Lipinski definition) is 0. The molecule has 0 radical (unpaired) electrons. The van der Waals surface area contributed by atoms with Crippen LogP contribution in [0.15, 0.2) is 218 Å². The predicted octanol–water partition coefficient (Wildman–Crippen LogP) is 11.6. The Morgan fingerprint density at radius 1 is 0.317 bits per heavy atom. The van der Waals surface area contributed by atoms with E-state index >= 15 is 0 Å². The van der Waals surface area contributed by atoms with Crippen LogP contribution in [0.25, 0.3) is 66.1 Å². The Balaban J connectivity index is 1.10. The van der Waals surface area contributed by atoms with E-state index in [1.807, 2.05) is 0 Å². The lowest BCUT2D eigenvalue weighted by Crippen LogP contribution is -2.74. The van der Waals surface area contributed by atoms with Gasteiger partial charge in [-0.1, -0.05) is 178 Å². The minimum Gasteiger partial charge on any atom is -0.309 e. The first-order chi connectivity index (χ1) is 29.5. The van der Waals surface area contributed by atoms with Gasteiger partial charge in [0, 0.05) is 38.3 Å². The molecule has 0 fully saturated rings. The first kappa shape index (κ1) is 34.8. The highest BCUT2D eigenvalue weighted by Crippen LogP contribution is 2.51. The van der Waals surface area contributed by atoms with Crippen LogP contribution >= 0.6 is 0 Å². The Morgan fingerprint density at radius 3 is 1.42 bits per heavy atom. The molecule has 3 heteroatoms. The van der Waals surface area contributed by atoms with Crippen LogP contribution in [0.2, 0.25) is 0 Å². The number of fused-ring (bicyclic) bond motifs is 9. The first-order valence-corrected chi connectivity index (χ1v) is 23.0. The fourth-order valence-corrected chi connectivity index (χ4v) is 15.5. The van der Waals surface area contributed by atoms with Crippen molar-refractivity contribution >= 4 is 72.4 Å². The molecule has 12 rings (SSSR count). The molecule has 0 N–H and O–H groups in total. The lowest BCUT2D eigenvalue weighted by molar-refractivity contribution is 0.661. The molecule has 1 aliphatic rings. The molecule has 284 valence electrons. The van der Waals surface area contributed by atoms with Crippen LogP contribution in [-0.4, -0.2) is 17.2 Å². The van der Waals surface area contributed by atoms with Crippen molar-refractivity contribution < 1.29 is 0 Å². The van der Waals surface area contributed by atoms with Gasteiger partial charge in [0.1, 0.15) is 0 Å². The lowest BCUT2D eigenvalue weighted by atomic mass is 9.82. The van der Waals surface area contributed by atoms with Crippen LogP contribution in [0.5, 0.6) is 0 Å². The van der Waals surface area contributed by atoms with Gasteiger partial charge in [-0.25, -0.2) is 0 Å². The summed E-state index contributed by atoms with van der Waals surface area (Å²) in [6, 6.07) is 82.0. The maximum atomic E-state index is 2.52. The number of nitrogens with zero attached hydrogens (tertiary/aromatic N) is 2. The average Bonchev–Trinajstić information content (AvgIpc) is 3.90. The summed E-state index contributed by atoms with van der Waals surface area (Å²) in [4.78, 5) is 0. The molecule has 2 nitrogen and oxygen atoms in total. The second-order valence-corrected chi connectivity index (χ2v) is 20.7. The molecule has 0 bridgehead atoms. The topological polar surface area (TPSA) is 9.86 Å². The van der Waals surface area contributed by atoms with Crippen molar-refractivity contribution in [1.29, 1.82) is 0 Å². The summed E-state index contributed by atoms with van der Waals surface area (Å²) in [5, 5.41) is 10.5. The quantitative estimate of drug-likeness (QED) is 0.117. The van der Waals surface area contributed by atoms with Crippen molar-refractivity contribution in [2.24, 2.45) is 0 Å². The van der Waals surface area contributed by atoms with Gasteiger partial charge in [0.2, 0.25) is 0 Å². The van der Waals surface area contributed by atoms with E-state index in [-0.39, 0.29) is 5.41 Å². The molecule has 0 spiro atoms. The molecule has 0 atom stereocenters. The summed E-state index contributed by atoms with van der Waals surface area (Å²) in [5.41, 5.74) is 12.6. The van der Waals surface area contributed by atoms with Crippen molar-refractivity contribution in [3.05, 3.63) is 230 Å². The molecule has 0 unspecified atom stereocenters. The second-order valence-electron chi connectivity index (χ2n) is 16.9. The van der Waals surface area contributed by atoms with Crippen molar-refractivity contribution in [2.45, 2.75) is 19.3 Å². The monoisotopic (exact) mass is 782 g/mol. The van der Waals surface area contributed by atoms with Gasteiger partial charge < -0.3 is 9.13 Å². The van der Waals surface area contributed by atoms with Gasteiger partial charge in [-0.3, -0.25) is 0 Å². The van der Waals surface area contributed by atoms with E-state index in [1.54, 1.807) is 0 Å². The second kappa shape index (κ2) is 13.2. The van der Waals surface area contributed by atoms with Gasteiger partial charge in [0.15, 0.2) is 8.07 Å². The van der Waals surface area contributed by atoms with Crippen molar-refractivity contribution in [3.63, 3.8) is 0 Å². The van der Waals surface area contributed by atoms with Gasteiger partial charge in [0.25, 0.3) is 0 Å². The molecule has 0 aliphatic heterocycles. The molecule has 0 amide bonds. The van der Waals surface area contributed by atoms with E-state index in [0.29, 0.717) is 0 Å². The fourth-order valence-electron chi connectivity index (χ4n) is 10.8. The third-order valence-corrected chi connectivity index (χ3v) is 18.2. The molecule has 9 aromatic carbocycles. The molecule has 60 heavy (non-hydrogen) atoms. The highest BCUT2D eigenvalue weighted by molar-refractivity contribution is 7.19. The Labute approximate surface area is 351 Å². The summed E-state index contributed by atoms with van der Waals surface area (Å²) in [6.07, 6.45) is 0. The zero-order valence-electron chi connectivity index (χ0n) is 33.7. The smallest absolute Gasteiger partial charge is 0.179 e. The lowest BCUT2D eigenvalue weighted by Gasteiger charge is -2.35. The van der Waals surface area contributed by atoms with E-state index < -0.39 is 8.07 Å². The molecule has 11 aromatic rings. The highest BCUT2D eigenvalue weighted by Gasteiger charge is 2.42. The van der Waals surface area contributed by atoms with Gasteiger partial charge in [-0.2, -0.15) is 0 Å². The van der Waals surface area contributed by atoms with E-state index in [9.17, 15) is 0 Å². The Hall–Kier alpha value is -7.20. The standard InChI is InChI=1S/C57H42N2Si/c1-57(2)51-28-13-9-24-45(51)49-37-50-48-27-12-16-31-55(48)59(56(50)38-52(49)57)40-18-17-23-44(36-40)60(41-19-5-3-6-20-41,42-21-7-4-8-22-42)43-34-32-39(33-35-43)58-53-29-14-10-25-46(53)47-26-11-15-30-54(47)58/h3-38H,1-2H3. The Morgan fingerprint density at radius 2 is 0.800 bits per heavy atom. The van der Waals surface area contributed by atoms with E-state index in [4.69, 9.17) is 0 Å². The third-order valence-electron chi connectivity index (χ3n) is 13.5. The van der Waals surface area contributed by atoms with E-state index in [2.05, 4.69) is 241 Å². The minimum absolute atomic E-state index is 0.0999. The normalized spacial score (nSPS) is 13.3. The van der Waals surface area contributed by atoms with Gasteiger partial charge >= 0.3 is 0 Å². The van der Waals surface area contributed by atoms with Crippen LogP contribution in [0.3, 0.4) is 0 Å². The maximum absolute atomic E-state index is 2.90. The summed E-state index contributed by atoms with van der Waals surface area (Å²) < 4.78 is 4.94. The highest BCUT2D eigenvalue weighted by atomic mass is 28.3. The molecule has 1 aliphatic carbocycles. The zero-order valence-corrected chi connectivity index (χ0v) is 34.7. The summed E-state index contributed by atoms with van der Waals surface area (Å²) in [7, 11) is -2.90. The number of benzene rings is 9. The largest absolute Gasteiger partial charge is 0.309 e. The molecule has 0 saturated heterocycles. The summed E-state index contributed by atoms with van der Waals surface area (Å²) in [5.74, 6) is 0. The van der Waals surface area contributed by atoms with Crippen LogP contribution in [0.1, 0.15) is 25.0 Å². The number of rotatable bonds is 6. The van der Waals surface area contributed by atoms with Gasteiger partial charge in [-0.05, 0) is 97.6 Å². The Bertz CT molecular complexity index is 3350. The van der Waals surface area contributed by atoms with Crippen LogP contribution in [-0.2, 0) is 5.41 Å². The van der Waals surface area contributed by atoms with Crippen molar-refractivity contribution in [3.8, 4) is 22.5 Å². The molecule has 2 aromatic heterocycles. The molecular formula is C57H42N2Si. The summed E-state index contributed by atoms with van der Waals surface area (Å²) >= 11 is 0. The van der Waals surface area contributed by atoms with E-state index in [1.165, 1.54) is 92.3 Å². The van der Waals surface area contributed by atoms with Crippen LogP contribution in [0.4, 0.5) is 0 Å². The molecular weight excluding hydrogens is 741 g/mol. The SMILES string of the molecule is CC1(C)c2ccccc2-c2cc3c4ccccc4n(-c4cccc([Si](c5ccccc5)(c5ccccc5)c5ccc(-n6c7ccccc7c7ccccc76)cc5)c4)c3cc21. The van der Waals surface area contributed by atoms with Gasteiger partial charge in [-0.15, -0.1) is 0 Å². The number of hydrogen-bond acceptors (Lipinski definition) is 0. The predicted molar refractivity (Wildman–Crippen MR) is 256 cm³/mol. The minimum atomic E-state index is -2.90. The first-order valence-electron chi connectivity index (χ1n) is 21.0. The molecule has 2 heterocycles. The summed E-state index contributed by atoms with van der Waals surface area (Å²) in [6.45, 7) is 4.76. The van der Waals surface area contributed by atoms with Crippen molar-refractivity contribution in [1.82, 2.24) is 9.13 Å². The van der Waals surface area contributed by atoms with Crippen LogP contribution in [0, 0.1) is 0 Å². The third kappa shape index (κ3) is 4.87. The van der Waals surface area contributed by atoms with Crippen molar-refractivity contribution in [2.75, 3.05) is 0 Å². The zero-order chi connectivity index (χ0) is 40.0. The maximum Gasteiger partial charge on any atom is 0.179 e. The number of aromatic nitrogens is 2. The van der Waals surface area contributed by atoms with E-state index in [0.717, 1.165) is 5.69 Å². The number of para-hydroxylation sites is 3.